The van der Waals surface area contributed by atoms with Crippen molar-refractivity contribution < 1.29 is 14.3 Å². The van der Waals surface area contributed by atoms with Gasteiger partial charge in [-0.1, -0.05) is 0 Å². The highest BCUT2D eigenvalue weighted by Crippen LogP contribution is 2.22. The van der Waals surface area contributed by atoms with E-state index in [1.807, 2.05) is 45.0 Å². The lowest BCUT2D eigenvalue weighted by atomic mass is 10.1. The standard InChI is InChI=1S/C19H25N3O3/c1-6-22(11-18(23)20-12(2)3)19(24)16-9-14-7-8-15(25-5)10-17(14)21-13(16)4/h7-10,12H,6,11H2,1-5H3,(H,20,23). The third-order valence-electron chi connectivity index (χ3n) is 3.90. The van der Waals surface area contributed by atoms with Crippen molar-refractivity contribution in [2.45, 2.75) is 33.7 Å². The first kappa shape index (κ1) is 18.7. The lowest BCUT2D eigenvalue weighted by Crippen LogP contribution is -2.42. The quantitative estimate of drug-likeness (QED) is 0.875. The second-order valence-electron chi connectivity index (χ2n) is 6.22. The van der Waals surface area contributed by atoms with E-state index in [2.05, 4.69) is 10.3 Å². The van der Waals surface area contributed by atoms with E-state index in [0.717, 1.165) is 16.7 Å². The Labute approximate surface area is 148 Å². The van der Waals surface area contributed by atoms with Gasteiger partial charge in [-0.05, 0) is 45.9 Å². The molecule has 0 unspecified atom stereocenters. The van der Waals surface area contributed by atoms with Gasteiger partial charge in [-0.3, -0.25) is 14.6 Å². The van der Waals surface area contributed by atoms with E-state index < -0.39 is 0 Å². The number of aryl methyl sites for hydroxylation is 1. The number of carbonyl (C=O) groups excluding carboxylic acids is 2. The number of amides is 2. The number of aromatic nitrogens is 1. The summed E-state index contributed by atoms with van der Waals surface area (Å²) in [7, 11) is 1.60. The van der Waals surface area contributed by atoms with Crippen LogP contribution in [0.5, 0.6) is 5.75 Å². The van der Waals surface area contributed by atoms with Crippen LogP contribution in [0.25, 0.3) is 10.9 Å². The summed E-state index contributed by atoms with van der Waals surface area (Å²) in [5, 5.41) is 3.67. The van der Waals surface area contributed by atoms with Gasteiger partial charge in [-0.15, -0.1) is 0 Å². The molecule has 1 aromatic heterocycles. The Hall–Kier alpha value is -2.63. The molecule has 0 fully saturated rings. The maximum atomic E-state index is 12.9. The zero-order chi connectivity index (χ0) is 18.6. The Balaban J connectivity index is 2.30. The Morgan fingerprint density at radius 3 is 2.60 bits per heavy atom. The summed E-state index contributed by atoms with van der Waals surface area (Å²) in [5.41, 5.74) is 1.92. The molecule has 0 aliphatic rings. The highest BCUT2D eigenvalue weighted by atomic mass is 16.5. The molecule has 0 saturated carbocycles. The van der Waals surface area contributed by atoms with Gasteiger partial charge in [0.05, 0.1) is 30.4 Å². The number of hydrogen-bond donors (Lipinski definition) is 1. The Morgan fingerprint density at radius 2 is 2.00 bits per heavy atom. The van der Waals surface area contributed by atoms with Crippen molar-refractivity contribution >= 4 is 22.7 Å². The van der Waals surface area contributed by atoms with Gasteiger partial charge in [-0.2, -0.15) is 0 Å². The fourth-order valence-corrected chi connectivity index (χ4v) is 2.63. The SMILES string of the molecule is CCN(CC(=O)NC(C)C)C(=O)c1cc2ccc(OC)cc2nc1C. The maximum Gasteiger partial charge on any atom is 0.256 e. The van der Waals surface area contributed by atoms with Crippen LogP contribution in [-0.4, -0.2) is 47.9 Å². The number of nitrogens with zero attached hydrogens (tertiary/aromatic N) is 2. The van der Waals surface area contributed by atoms with Crippen molar-refractivity contribution in [1.82, 2.24) is 15.2 Å². The van der Waals surface area contributed by atoms with E-state index in [-0.39, 0.29) is 24.4 Å². The van der Waals surface area contributed by atoms with Crippen LogP contribution in [0.1, 0.15) is 36.8 Å². The summed E-state index contributed by atoms with van der Waals surface area (Å²) in [6.45, 7) is 7.92. The highest BCUT2D eigenvalue weighted by molar-refractivity contribution is 6.00. The van der Waals surface area contributed by atoms with Crippen LogP contribution in [0.2, 0.25) is 0 Å². The molecular weight excluding hydrogens is 318 g/mol. The maximum absolute atomic E-state index is 12.9. The molecule has 0 aliphatic carbocycles. The number of carbonyl (C=O) groups is 2. The Bertz CT molecular complexity index is 787. The lowest BCUT2D eigenvalue weighted by Gasteiger charge is -2.22. The van der Waals surface area contributed by atoms with Gasteiger partial charge >= 0.3 is 0 Å². The molecule has 6 heteroatoms. The minimum Gasteiger partial charge on any atom is -0.497 e. The molecule has 0 bridgehead atoms. The number of hydrogen-bond acceptors (Lipinski definition) is 4. The molecule has 0 spiro atoms. The number of fused-ring (bicyclic) bond motifs is 1. The summed E-state index contributed by atoms with van der Waals surface area (Å²) in [6, 6.07) is 7.41. The number of likely N-dealkylation sites (N-methyl/N-ethyl adjacent to an activating group) is 1. The van der Waals surface area contributed by atoms with Crippen LogP contribution in [0.4, 0.5) is 0 Å². The molecule has 0 saturated heterocycles. The van der Waals surface area contributed by atoms with Crippen LogP contribution in [0.15, 0.2) is 24.3 Å². The number of methoxy groups -OCH3 is 1. The van der Waals surface area contributed by atoms with Crippen molar-refractivity contribution in [2.75, 3.05) is 20.2 Å². The predicted molar refractivity (Wildman–Crippen MR) is 97.9 cm³/mol. The van der Waals surface area contributed by atoms with Crippen LogP contribution >= 0.6 is 0 Å². The normalized spacial score (nSPS) is 10.8. The summed E-state index contributed by atoms with van der Waals surface area (Å²) in [4.78, 5) is 30.9. The second-order valence-corrected chi connectivity index (χ2v) is 6.22. The van der Waals surface area contributed by atoms with Crippen molar-refractivity contribution in [3.05, 3.63) is 35.5 Å². The van der Waals surface area contributed by atoms with Gasteiger partial charge in [-0.25, -0.2) is 0 Å². The van der Waals surface area contributed by atoms with Crippen LogP contribution < -0.4 is 10.1 Å². The molecule has 2 rings (SSSR count). The average Bonchev–Trinajstić information content (AvgIpc) is 2.57. The first-order valence-corrected chi connectivity index (χ1v) is 8.39. The van der Waals surface area contributed by atoms with Gasteiger partial charge in [0.2, 0.25) is 5.91 Å². The van der Waals surface area contributed by atoms with Crippen molar-refractivity contribution in [1.29, 1.82) is 0 Å². The molecule has 2 amide bonds. The second kappa shape index (κ2) is 7.96. The number of nitrogens with one attached hydrogen (secondary N) is 1. The van der Waals surface area contributed by atoms with Gasteiger partial charge in [0.25, 0.3) is 5.91 Å². The van der Waals surface area contributed by atoms with Gasteiger partial charge in [0, 0.05) is 24.0 Å². The summed E-state index contributed by atoms with van der Waals surface area (Å²) in [5.74, 6) is 0.365. The topological polar surface area (TPSA) is 71.5 Å². The average molecular weight is 343 g/mol. The summed E-state index contributed by atoms with van der Waals surface area (Å²) < 4.78 is 5.21. The molecule has 1 aromatic carbocycles. The van der Waals surface area contributed by atoms with E-state index in [1.165, 1.54) is 4.90 Å². The molecule has 1 heterocycles. The molecule has 0 atom stereocenters. The minimum atomic E-state index is -0.191. The van der Waals surface area contributed by atoms with Crippen molar-refractivity contribution in [3.8, 4) is 5.75 Å². The number of benzene rings is 1. The summed E-state index contributed by atoms with van der Waals surface area (Å²) >= 11 is 0. The molecule has 134 valence electrons. The fraction of sp³-hybridized carbons (Fsp3) is 0.421. The minimum absolute atomic E-state index is 0.0353. The smallest absolute Gasteiger partial charge is 0.256 e. The van der Waals surface area contributed by atoms with Crippen LogP contribution in [-0.2, 0) is 4.79 Å². The molecule has 0 aliphatic heterocycles. The Kier molecular flexibility index (Phi) is 5.96. The van der Waals surface area contributed by atoms with Crippen LogP contribution in [0, 0.1) is 6.92 Å². The van der Waals surface area contributed by atoms with Crippen LogP contribution in [0.3, 0.4) is 0 Å². The number of pyridine rings is 1. The molecule has 2 aromatic rings. The zero-order valence-electron chi connectivity index (χ0n) is 15.4. The lowest BCUT2D eigenvalue weighted by molar-refractivity contribution is -0.122. The monoisotopic (exact) mass is 343 g/mol. The van der Waals surface area contributed by atoms with E-state index in [0.29, 0.717) is 17.8 Å². The van der Waals surface area contributed by atoms with E-state index >= 15 is 0 Å². The molecule has 0 radical (unpaired) electrons. The third-order valence-corrected chi connectivity index (χ3v) is 3.90. The molecule has 1 N–H and O–H groups in total. The van der Waals surface area contributed by atoms with Crippen molar-refractivity contribution in [2.24, 2.45) is 0 Å². The Morgan fingerprint density at radius 1 is 1.28 bits per heavy atom. The zero-order valence-corrected chi connectivity index (χ0v) is 15.4. The molecule has 6 nitrogen and oxygen atoms in total. The largest absolute Gasteiger partial charge is 0.497 e. The molecule has 25 heavy (non-hydrogen) atoms. The molecular formula is C19H25N3O3. The number of rotatable bonds is 6. The van der Waals surface area contributed by atoms with Gasteiger partial charge < -0.3 is 15.0 Å². The van der Waals surface area contributed by atoms with E-state index in [9.17, 15) is 9.59 Å². The summed E-state index contributed by atoms with van der Waals surface area (Å²) in [6.07, 6.45) is 0. The predicted octanol–water partition coefficient (Wildman–Crippen LogP) is 2.54. The van der Waals surface area contributed by atoms with E-state index in [4.69, 9.17) is 4.74 Å². The van der Waals surface area contributed by atoms with Gasteiger partial charge in [0.1, 0.15) is 5.75 Å². The van der Waals surface area contributed by atoms with Gasteiger partial charge in [0.15, 0.2) is 0 Å². The van der Waals surface area contributed by atoms with Crippen molar-refractivity contribution in [3.63, 3.8) is 0 Å². The third kappa shape index (κ3) is 4.47. The highest BCUT2D eigenvalue weighted by Gasteiger charge is 2.20. The first-order valence-electron chi connectivity index (χ1n) is 8.39. The fourth-order valence-electron chi connectivity index (χ4n) is 2.63. The van der Waals surface area contributed by atoms with E-state index in [1.54, 1.807) is 14.0 Å². The first-order chi connectivity index (χ1) is 11.8. The number of ether oxygens (including phenoxy) is 1.